The first-order valence-electron chi connectivity index (χ1n) is 5.26. The SMILES string of the molecule is Cc1cc(CNC(C)C2(C)CC2)on1. The van der Waals surface area contributed by atoms with Crippen LogP contribution in [0.2, 0.25) is 0 Å². The maximum atomic E-state index is 5.14. The average Bonchev–Trinajstić information content (AvgIpc) is 2.76. The lowest BCUT2D eigenvalue weighted by atomic mass is 10.0. The van der Waals surface area contributed by atoms with Crippen LogP contribution in [-0.4, -0.2) is 11.2 Å². The summed E-state index contributed by atoms with van der Waals surface area (Å²) in [6.07, 6.45) is 2.69. The van der Waals surface area contributed by atoms with Gasteiger partial charge in [-0.15, -0.1) is 0 Å². The number of aryl methyl sites for hydroxylation is 1. The maximum absolute atomic E-state index is 5.14. The van der Waals surface area contributed by atoms with Crippen molar-refractivity contribution in [1.29, 1.82) is 0 Å². The molecule has 78 valence electrons. The predicted octanol–water partition coefficient (Wildman–Crippen LogP) is 2.26. The van der Waals surface area contributed by atoms with Gasteiger partial charge in [0.25, 0.3) is 0 Å². The standard InChI is InChI=1S/C11H18N2O/c1-8-6-10(14-13-8)7-12-9(2)11(3)4-5-11/h6,9,12H,4-5,7H2,1-3H3. The van der Waals surface area contributed by atoms with Crippen LogP contribution in [0.25, 0.3) is 0 Å². The van der Waals surface area contributed by atoms with Crippen LogP contribution in [0.5, 0.6) is 0 Å². The quantitative estimate of drug-likeness (QED) is 0.799. The Bertz CT molecular complexity index is 315. The van der Waals surface area contributed by atoms with Crippen molar-refractivity contribution >= 4 is 0 Å². The largest absolute Gasteiger partial charge is 0.360 e. The highest BCUT2D eigenvalue weighted by Crippen LogP contribution is 2.47. The molecule has 1 N–H and O–H groups in total. The zero-order valence-electron chi connectivity index (χ0n) is 9.13. The Balaban J connectivity index is 1.82. The molecule has 0 bridgehead atoms. The minimum Gasteiger partial charge on any atom is -0.360 e. The molecule has 1 aromatic heterocycles. The maximum Gasteiger partial charge on any atom is 0.150 e. The highest BCUT2D eigenvalue weighted by atomic mass is 16.5. The van der Waals surface area contributed by atoms with Gasteiger partial charge in [-0.2, -0.15) is 0 Å². The van der Waals surface area contributed by atoms with Crippen molar-refractivity contribution in [3.8, 4) is 0 Å². The highest BCUT2D eigenvalue weighted by molar-refractivity contribution is 5.04. The molecule has 1 atom stereocenters. The Morgan fingerprint density at radius 1 is 1.64 bits per heavy atom. The van der Waals surface area contributed by atoms with Crippen LogP contribution in [0.4, 0.5) is 0 Å². The van der Waals surface area contributed by atoms with Crippen molar-refractivity contribution in [2.45, 2.75) is 46.2 Å². The first-order valence-corrected chi connectivity index (χ1v) is 5.26. The number of aromatic nitrogens is 1. The van der Waals surface area contributed by atoms with Crippen molar-refractivity contribution in [3.63, 3.8) is 0 Å². The highest BCUT2D eigenvalue weighted by Gasteiger charge is 2.42. The fraction of sp³-hybridized carbons (Fsp3) is 0.727. The van der Waals surface area contributed by atoms with E-state index in [2.05, 4.69) is 24.3 Å². The summed E-state index contributed by atoms with van der Waals surface area (Å²) in [5.74, 6) is 0.929. The fourth-order valence-electron chi connectivity index (χ4n) is 1.63. The minimum absolute atomic E-state index is 0.523. The molecule has 1 aromatic rings. The van der Waals surface area contributed by atoms with Gasteiger partial charge in [-0.05, 0) is 32.1 Å². The molecule has 1 unspecified atom stereocenters. The average molecular weight is 194 g/mol. The first kappa shape index (κ1) is 9.71. The smallest absolute Gasteiger partial charge is 0.150 e. The molecule has 1 aliphatic rings. The monoisotopic (exact) mass is 194 g/mol. The summed E-state index contributed by atoms with van der Waals surface area (Å²) in [6.45, 7) is 7.31. The zero-order valence-corrected chi connectivity index (χ0v) is 9.13. The molecule has 1 aliphatic carbocycles. The molecule has 0 radical (unpaired) electrons. The molecule has 3 nitrogen and oxygen atoms in total. The number of nitrogens with one attached hydrogen (secondary N) is 1. The van der Waals surface area contributed by atoms with E-state index in [-0.39, 0.29) is 0 Å². The van der Waals surface area contributed by atoms with Gasteiger partial charge >= 0.3 is 0 Å². The van der Waals surface area contributed by atoms with Crippen molar-refractivity contribution in [3.05, 3.63) is 17.5 Å². The number of nitrogens with zero attached hydrogens (tertiary/aromatic N) is 1. The molecule has 0 spiro atoms. The summed E-state index contributed by atoms with van der Waals surface area (Å²) in [6, 6.07) is 2.54. The van der Waals surface area contributed by atoms with Crippen LogP contribution in [0.3, 0.4) is 0 Å². The van der Waals surface area contributed by atoms with Crippen LogP contribution < -0.4 is 5.32 Å². The third-order valence-electron chi connectivity index (χ3n) is 3.34. The summed E-state index contributed by atoms with van der Waals surface area (Å²) in [5, 5.41) is 7.34. The van der Waals surface area contributed by atoms with Crippen LogP contribution in [0.15, 0.2) is 10.6 Å². The van der Waals surface area contributed by atoms with Gasteiger partial charge in [-0.1, -0.05) is 12.1 Å². The van der Waals surface area contributed by atoms with E-state index in [9.17, 15) is 0 Å². The van der Waals surface area contributed by atoms with E-state index in [1.54, 1.807) is 0 Å². The third-order valence-corrected chi connectivity index (χ3v) is 3.34. The number of hydrogen-bond acceptors (Lipinski definition) is 3. The van der Waals surface area contributed by atoms with E-state index >= 15 is 0 Å². The lowest BCUT2D eigenvalue weighted by Crippen LogP contribution is -2.32. The molecule has 1 fully saturated rings. The van der Waals surface area contributed by atoms with Crippen LogP contribution in [0.1, 0.15) is 38.1 Å². The van der Waals surface area contributed by atoms with Crippen LogP contribution in [-0.2, 0) is 6.54 Å². The Kier molecular flexibility index (Phi) is 2.35. The van der Waals surface area contributed by atoms with Crippen molar-refractivity contribution < 1.29 is 4.52 Å². The van der Waals surface area contributed by atoms with E-state index in [0.29, 0.717) is 11.5 Å². The molecule has 0 aromatic carbocycles. The molecular formula is C11H18N2O. The molecule has 0 amide bonds. The molecule has 3 heteroatoms. The Hall–Kier alpha value is -0.830. The molecule has 2 rings (SSSR count). The third kappa shape index (κ3) is 1.98. The molecular weight excluding hydrogens is 176 g/mol. The van der Waals surface area contributed by atoms with Crippen molar-refractivity contribution in [2.24, 2.45) is 5.41 Å². The summed E-state index contributed by atoms with van der Waals surface area (Å²) >= 11 is 0. The van der Waals surface area contributed by atoms with Gasteiger partial charge in [0.1, 0.15) is 0 Å². The van der Waals surface area contributed by atoms with Gasteiger partial charge in [0.15, 0.2) is 5.76 Å². The lowest BCUT2D eigenvalue weighted by molar-refractivity contribution is 0.331. The summed E-state index contributed by atoms with van der Waals surface area (Å²) in [4.78, 5) is 0. The summed E-state index contributed by atoms with van der Waals surface area (Å²) < 4.78 is 5.14. The fourth-order valence-corrected chi connectivity index (χ4v) is 1.63. The van der Waals surface area contributed by atoms with E-state index < -0.39 is 0 Å². The molecule has 14 heavy (non-hydrogen) atoms. The second-order valence-electron chi connectivity index (χ2n) is 4.69. The van der Waals surface area contributed by atoms with Gasteiger partial charge in [0, 0.05) is 12.1 Å². The second kappa shape index (κ2) is 3.39. The topological polar surface area (TPSA) is 38.1 Å². The van der Waals surface area contributed by atoms with Gasteiger partial charge in [-0.25, -0.2) is 0 Å². The van der Waals surface area contributed by atoms with Crippen LogP contribution in [0, 0.1) is 12.3 Å². The molecule has 1 heterocycles. The molecule has 0 aliphatic heterocycles. The Morgan fingerprint density at radius 3 is 2.86 bits per heavy atom. The van der Waals surface area contributed by atoms with Gasteiger partial charge in [-0.3, -0.25) is 0 Å². The molecule has 1 saturated carbocycles. The van der Waals surface area contributed by atoms with Crippen molar-refractivity contribution in [2.75, 3.05) is 0 Å². The van der Waals surface area contributed by atoms with Crippen molar-refractivity contribution in [1.82, 2.24) is 10.5 Å². The van der Waals surface area contributed by atoms with Gasteiger partial charge < -0.3 is 9.84 Å². The Labute approximate surface area is 84.9 Å². The Morgan fingerprint density at radius 2 is 2.36 bits per heavy atom. The first-order chi connectivity index (χ1) is 6.60. The van der Waals surface area contributed by atoms with E-state index in [1.807, 2.05) is 13.0 Å². The summed E-state index contributed by atoms with van der Waals surface area (Å²) in [5.41, 5.74) is 1.47. The number of rotatable bonds is 4. The zero-order chi connectivity index (χ0) is 10.2. The minimum atomic E-state index is 0.523. The lowest BCUT2D eigenvalue weighted by Gasteiger charge is -2.19. The predicted molar refractivity (Wildman–Crippen MR) is 54.9 cm³/mol. The number of hydrogen-bond donors (Lipinski definition) is 1. The van der Waals surface area contributed by atoms with E-state index in [4.69, 9.17) is 4.52 Å². The van der Waals surface area contributed by atoms with E-state index in [1.165, 1.54) is 12.8 Å². The summed E-state index contributed by atoms with van der Waals surface area (Å²) in [7, 11) is 0. The normalized spacial score (nSPS) is 20.8. The van der Waals surface area contributed by atoms with Crippen LogP contribution >= 0.6 is 0 Å². The second-order valence-corrected chi connectivity index (χ2v) is 4.69. The van der Waals surface area contributed by atoms with Gasteiger partial charge in [0.2, 0.25) is 0 Å². The van der Waals surface area contributed by atoms with E-state index in [0.717, 1.165) is 18.0 Å². The van der Waals surface area contributed by atoms with Gasteiger partial charge in [0.05, 0.1) is 12.2 Å². The molecule has 0 saturated heterocycles.